The number of aromatic nitrogens is 2. The summed E-state index contributed by atoms with van der Waals surface area (Å²) in [5, 5.41) is 7.25. The summed E-state index contributed by atoms with van der Waals surface area (Å²) in [6.45, 7) is 9.04. The molecule has 0 amide bonds. The van der Waals surface area contributed by atoms with Crippen LogP contribution in [0.1, 0.15) is 31.2 Å². The first kappa shape index (κ1) is 18.4. The molecule has 0 aliphatic carbocycles. The molecular formula is C25H20N2S3. The molecule has 0 fully saturated rings. The Balaban J connectivity index is 1.72. The summed E-state index contributed by atoms with van der Waals surface area (Å²) in [5.74, 6) is 0. The molecule has 148 valence electrons. The number of thiophene rings is 3. The van der Waals surface area contributed by atoms with Gasteiger partial charge in [-0.05, 0) is 58.3 Å². The maximum absolute atomic E-state index is 4.80. The van der Waals surface area contributed by atoms with Crippen LogP contribution in [0.15, 0.2) is 48.1 Å². The highest BCUT2D eigenvalue weighted by Gasteiger charge is 2.21. The van der Waals surface area contributed by atoms with Crippen molar-refractivity contribution >= 4 is 74.5 Å². The minimum absolute atomic E-state index is 0.0721. The summed E-state index contributed by atoms with van der Waals surface area (Å²) in [4.78, 5) is 11.9. The van der Waals surface area contributed by atoms with Gasteiger partial charge in [-0.15, -0.1) is 34.0 Å². The zero-order valence-electron chi connectivity index (χ0n) is 17.2. The van der Waals surface area contributed by atoms with Gasteiger partial charge in [0, 0.05) is 25.9 Å². The van der Waals surface area contributed by atoms with Gasteiger partial charge >= 0.3 is 0 Å². The maximum Gasteiger partial charge on any atom is 0.128 e. The molecule has 2 aromatic carbocycles. The largest absolute Gasteiger partial charge is 0.236 e. The topological polar surface area (TPSA) is 25.8 Å². The summed E-state index contributed by atoms with van der Waals surface area (Å²) in [5.41, 5.74) is 3.67. The van der Waals surface area contributed by atoms with E-state index in [1.807, 2.05) is 22.7 Å². The molecule has 5 heteroatoms. The predicted molar refractivity (Wildman–Crippen MR) is 135 cm³/mol. The van der Waals surface area contributed by atoms with E-state index in [1.165, 1.54) is 51.6 Å². The van der Waals surface area contributed by atoms with E-state index in [-0.39, 0.29) is 5.41 Å². The summed E-state index contributed by atoms with van der Waals surface area (Å²) >= 11 is 5.49. The molecule has 0 unspecified atom stereocenters. The van der Waals surface area contributed by atoms with Gasteiger partial charge in [0.15, 0.2) is 0 Å². The lowest BCUT2D eigenvalue weighted by Crippen LogP contribution is -2.11. The van der Waals surface area contributed by atoms with Gasteiger partial charge in [0.2, 0.25) is 0 Å². The monoisotopic (exact) mass is 444 g/mol. The molecule has 4 aromatic heterocycles. The van der Waals surface area contributed by atoms with Crippen molar-refractivity contribution in [2.24, 2.45) is 0 Å². The van der Waals surface area contributed by atoms with Gasteiger partial charge in [-0.1, -0.05) is 32.9 Å². The molecule has 0 saturated carbocycles. The molecule has 0 bridgehead atoms. The van der Waals surface area contributed by atoms with E-state index in [9.17, 15) is 0 Å². The van der Waals surface area contributed by atoms with Crippen LogP contribution < -0.4 is 0 Å². The zero-order chi connectivity index (χ0) is 20.6. The van der Waals surface area contributed by atoms with Gasteiger partial charge in [-0.25, -0.2) is 9.97 Å². The average molecular weight is 445 g/mol. The molecular weight excluding hydrogens is 424 g/mol. The van der Waals surface area contributed by atoms with E-state index in [2.05, 4.69) is 74.5 Å². The standard InChI is InChI=1S/C25H20N2S3/c1-13-9-14-5-6-17-19-20(26-12-27-24(19)30-23(17)22(14)29-13)16-10-15-7-8-28-21(15)18(11-16)25(2,3)4/h5-12H,1-4H3. The lowest BCUT2D eigenvalue weighted by Gasteiger charge is -2.21. The molecule has 2 nitrogen and oxygen atoms in total. The number of rotatable bonds is 1. The minimum Gasteiger partial charge on any atom is -0.236 e. The molecule has 6 rings (SSSR count). The summed E-state index contributed by atoms with van der Waals surface area (Å²) < 4.78 is 4.07. The Bertz CT molecular complexity index is 1590. The van der Waals surface area contributed by atoms with Crippen LogP contribution in [0.5, 0.6) is 0 Å². The van der Waals surface area contributed by atoms with Crippen molar-refractivity contribution in [3.05, 3.63) is 58.5 Å². The molecule has 0 aliphatic heterocycles. The Morgan fingerprint density at radius 1 is 0.833 bits per heavy atom. The highest BCUT2D eigenvalue weighted by molar-refractivity contribution is 7.30. The fourth-order valence-corrected chi connectivity index (χ4v) is 7.69. The van der Waals surface area contributed by atoms with Crippen LogP contribution >= 0.6 is 34.0 Å². The highest BCUT2D eigenvalue weighted by atomic mass is 32.1. The first-order valence-corrected chi connectivity index (χ1v) is 12.5. The van der Waals surface area contributed by atoms with E-state index in [4.69, 9.17) is 4.98 Å². The minimum atomic E-state index is 0.0721. The first-order valence-electron chi connectivity index (χ1n) is 9.98. The number of benzene rings is 2. The maximum atomic E-state index is 4.80. The van der Waals surface area contributed by atoms with E-state index in [1.54, 1.807) is 17.7 Å². The van der Waals surface area contributed by atoms with Crippen molar-refractivity contribution in [1.29, 1.82) is 0 Å². The molecule has 30 heavy (non-hydrogen) atoms. The SMILES string of the molecule is Cc1cc2ccc3c(sc4ncnc(-c5cc(C(C)(C)C)c6sccc6c5)c43)c2s1. The molecule has 0 N–H and O–H groups in total. The Kier molecular flexibility index (Phi) is 3.89. The molecule has 0 atom stereocenters. The fourth-order valence-electron chi connectivity index (χ4n) is 4.29. The van der Waals surface area contributed by atoms with Crippen LogP contribution in [0.4, 0.5) is 0 Å². The second-order valence-electron chi connectivity index (χ2n) is 8.83. The van der Waals surface area contributed by atoms with Crippen molar-refractivity contribution < 1.29 is 0 Å². The van der Waals surface area contributed by atoms with Crippen LogP contribution in [-0.4, -0.2) is 9.97 Å². The second kappa shape index (κ2) is 6.33. The van der Waals surface area contributed by atoms with Crippen LogP contribution in [0.25, 0.3) is 51.7 Å². The fraction of sp³-hybridized carbons (Fsp3) is 0.200. The normalized spacial score (nSPS) is 12.7. The number of hydrogen-bond donors (Lipinski definition) is 0. The number of fused-ring (bicyclic) bond motifs is 6. The van der Waals surface area contributed by atoms with E-state index in [0.717, 1.165) is 10.5 Å². The Hall–Kier alpha value is -2.34. The van der Waals surface area contributed by atoms with Crippen molar-refractivity contribution in [2.75, 3.05) is 0 Å². The number of aryl methyl sites for hydroxylation is 1. The summed E-state index contributed by atoms with van der Waals surface area (Å²) in [6, 6.07) is 13.6. The quantitative estimate of drug-likeness (QED) is 0.254. The van der Waals surface area contributed by atoms with E-state index in [0.29, 0.717) is 0 Å². The lowest BCUT2D eigenvalue weighted by atomic mass is 9.85. The molecule has 6 aromatic rings. The van der Waals surface area contributed by atoms with Crippen molar-refractivity contribution in [3.8, 4) is 11.3 Å². The Morgan fingerprint density at radius 3 is 2.50 bits per heavy atom. The van der Waals surface area contributed by atoms with Crippen LogP contribution in [0.2, 0.25) is 0 Å². The van der Waals surface area contributed by atoms with Crippen molar-refractivity contribution in [1.82, 2.24) is 9.97 Å². The third-order valence-electron chi connectivity index (χ3n) is 5.68. The van der Waals surface area contributed by atoms with Gasteiger partial charge in [0.1, 0.15) is 11.2 Å². The van der Waals surface area contributed by atoms with Gasteiger partial charge in [0.05, 0.1) is 15.1 Å². The molecule has 0 radical (unpaired) electrons. The summed E-state index contributed by atoms with van der Waals surface area (Å²) in [6.07, 6.45) is 1.72. The lowest BCUT2D eigenvalue weighted by molar-refractivity contribution is 0.597. The third-order valence-corrected chi connectivity index (χ3v) is 8.99. The van der Waals surface area contributed by atoms with E-state index >= 15 is 0 Å². The van der Waals surface area contributed by atoms with Crippen LogP contribution in [0, 0.1) is 6.92 Å². The average Bonchev–Trinajstić information content (AvgIpc) is 3.40. The Morgan fingerprint density at radius 2 is 1.67 bits per heavy atom. The molecule has 0 spiro atoms. The van der Waals surface area contributed by atoms with Crippen LogP contribution in [0.3, 0.4) is 0 Å². The van der Waals surface area contributed by atoms with E-state index < -0.39 is 0 Å². The van der Waals surface area contributed by atoms with Crippen molar-refractivity contribution in [3.63, 3.8) is 0 Å². The predicted octanol–water partition coefficient (Wildman–Crippen LogP) is 8.55. The van der Waals surface area contributed by atoms with Gasteiger partial charge in [0.25, 0.3) is 0 Å². The van der Waals surface area contributed by atoms with Gasteiger partial charge in [-0.2, -0.15) is 0 Å². The van der Waals surface area contributed by atoms with Gasteiger partial charge < -0.3 is 0 Å². The van der Waals surface area contributed by atoms with Crippen molar-refractivity contribution in [2.45, 2.75) is 33.1 Å². The highest BCUT2D eigenvalue weighted by Crippen LogP contribution is 2.44. The molecule has 0 aliphatic rings. The number of hydrogen-bond acceptors (Lipinski definition) is 5. The number of nitrogens with zero attached hydrogens (tertiary/aromatic N) is 2. The smallest absolute Gasteiger partial charge is 0.128 e. The second-order valence-corrected chi connectivity index (χ2v) is 12.0. The molecule has 0 saturated heterocycles. The Labute approximate surface area is 186 Å². The third kappa shape index (κ3) is 2.66. The molecule has 4 heterocycles. The van der Waals surface area contributed by atoms with Crippen LogP contribution in [-0.2, 0) is 5.41 Å². The zero-order valence-corrected chi connectivity index (χ0v) is 19.7. The van der Waals surface area contributed by atoms with Gasteiger partial charge in [-0.3, -0.25) is 0 Å². The first-order chi connectivity index (χ1) is 14.4. The summed E-state index contributed by atoms with van der Waals surface area (Å²) in [7, 11) is 0.